The van der Waals surface area contributed by atoms with E-state index in [9.17, 15) is 27.6 Å². The van der Waals surface area contributed by atoms with Crippen LogP contribution in [0.3, 0.4) is 0 Å². The molecule has 0 aliphatic carbocycles. The summed E-state index contributed by atoms with van der Waals surface area (Å²) in [5, 5.41) is 6.15. The molecule has 2 N–H and O–H groups in total. The van der Waals surface area contributed by atoms with Gasteiger partial charge in [0.15, 0.2) is 0 Å². The number of benzene rings is 2. The van der Waals surface area contributed by atoms with Gasteiger partial charge in [0.05, 0.1) is 12.1 Å². The third-order valence-corrected chi connectivity index (χ3v) is 6.91. The first kappa shape index (κ1) is 34.5. The Morgan fingerprint density at radius 2 is 1.64 bits per heavy atom. The first-order valence-corrected chi connectivity index (χ1v) is 14.6. The van der Waals surface area contributed by atoms with E-state index < -0.39 is 29.3 Å². The van der Waals surface area contributed by atoms with Crippen LogP contribution in [0.2, 0.25) is 0 Å². The second-order valence-electron chi connectivity index (χ2n) is 13.0. The predicted molar refractivity (Wildman–Crippen MR) is 163 cm³/mol. The summed E-state index contributed by atoms with van der Waals surface area (Å²) < 4.78 is 46.6. The number of carbonyl (C=O) groups is 3. The molecule has 1 heterocycles. The zero-order valence-corrected chi connectivity index (χ0v) is 26.6. The van der Waals surface area contributed by atoms with E-state index in [4.69, 9.17) is 4.74 Å². The number of alkyl halides is 3. The summed E-state index contributed by atoms with van der Waals surface area (Å²) in [6.07, 6.45) is -4.61. The number of nitrogens with one attached hydrogen (secondary N) is 2. The second-order valence-corrected chi connectivity index (χ2v) is 13.0. The van der Waals surface area contributed by atoms with Crippen LogP contribution in [0.4, 0.5) is 28.4 Å². The molecule has 242 valence electrons. The van der Waals surface area contributed by atoms with Crippen LogP contribution >= 0.6 is 0 Å². The summed E-state index contributed by atoms with van der Waals surface area (Å²) >= 11 is 0. The summed E-state index contributed by atoms with van der Waals surface area (Å²) in [6, 6.07) is 10.6. The first-order valence-electron chi connectivity index (χ1n) is 14.6. The van der Waals surface area contributed by atoms with Crippen molar-refractivity contribution < 1.29 is 32.3 Å². The number of carbonyl (C=O) groups excluding carboxylic acids is 3. The highest BCUT2D eigenvalue weighted by Gasteiger charge is 2.34. The fourth-order valence-corrected chi connectivity index (χ4v) is 4.77. The molecule has 0 saturated carbocycles. The Kier molecular flexibility index (Phi) is 10.8. The van der Waals surface area contributed by atoms with Crippen LogP contribution in [0.5, 0.6) is 0 Å². The van der Waals surface area contributed by atoms with Gasteiger partial charge in [0.1, 0.15) is 5.60 Å². The average molecular weight is 620 g/mol. The monoisotopic (exact) mass is 619 g/mol. The van der Waals surface area contributed by atoms with Crippen molar-refractivity contribution in [2.75, 3.05) is 38.5 Å². The van der Waals surface area contributed by atoms with Crippen LogP contribution in [0, 0.1) is 0 Å². The smallest absolute Gasteiger partial charge is 0.416 e. The molecule has 2 aromatic rings. The fourth-order valence-electron chi connectivity index (χ4n) is 4.77. The number of ether oxygens (including phenoxy) is 1. The van der Waals surface area contributed by atoms with Crippen LogP contribution in [0.1, 0.15) is 63.8 Å². The molecule has 12 heteroatoms. The molecular weight excluding hydrogens is 575 g/mol. The van der Waals surface area contributed by atoms with Gasteiger partial charge in [-0.05, 0) is 76.8 Å². The Balaban J connectivity index is 1.76. The first-order chi connectivity index (χ1) is 20.3. The number of nitrogens with zero attached hydrogens (tertiary/aromatic N) is 3. The lowest BCUT2D eigenvalue weighted by atomic mass is 9.97. The zero-order valence-electron chi connectivity index (χ0n) is 26.6. The van der Waals surface area contributed by atoms with Crippen LogP contribution < -0.4 is 10.6 Å². The molecule has 0 bridgehead atoms. The molecule has 0 saturated heterocycles. The Morgan fingerprint density at radius 1 is 0.955 bits per heavy atom. The second kappa shape index (κ2) is 13.8. The molecular formula is C32H44F3N5O4. The summed E-state index contributed by atoms with van der Waals surface area (Å²) in [5.41, 5.74) is 0.718. The lowest BCUT2D eigenvalue weighted by Crippen LogP contribution is -2.49. The number of likely N-dealkylation sites (N-methyl/N-ethyl adjacent to an activating group) is 1. The van der Waals surface area contributed by atoms with Crippen molar-refractivity contribution in [1.29, 1.82) is 0 Å². The molecule has 4 amide bonds. The van der Waals surface area contributed by atoms with Crippen LogP contribution in [-0.2, 0) is 35.2 Å². The highest BCUT2D eigenvalue weighted by molar-refractivity contribution is 5.81. The Hall–Kier alpha value is -3.96. The molecule has 1 aliphatic rings. The molecule has 0 unspecified atom stereocenters. The van der Waals surface area contributed by atoms with Gasteiger partial charge >= 0.3 is 18.3 Å². The number of halogens is 3. The van der Waals surface area contributed by atoms with Gasteiger partial charge in [0.2, 0.25) is 5.91 Å². The minimum atomic E-state index is -4.59. The normalized spacial score (nSPS) is 13.5. The van der Waals surface area contributed by atoms with Crippen molar-refractivity contribution in [1.82, 2.24) is 20.0 Å². The zero-order chi connectivity index (χ0) is 32.9. The highest BCUT2D eigenvalue weighted by Crippen LogP contribution is 2.32. The van der Waals surface area contributed by atoms with E-state index in [1.165, 1.54) is 35.0 Å². The molecule has 0 aromatic heterocycles. The summed E-state index contributed by atoms with van der Waals surface area (Å²) in [5.74, 6) is -0.431. The number of hydrogen-bond acceptors (Lipinski definition) is 5. The average Bonchev–Trinajstić information content (AvgIpc) is 2.91. The predicted octanol–water partition coefficient (Wildman–Crippen LogP) is 5.88. The number of rotatable bonds is 8. The van der Waals surface area contributed by atoms with Gasteiger partial charge in [0.25, 0.3) is 0 Å². The number of urea groups is 1. The third kappa shape index (κ3) is 10.1. The van der Waals surface area contributed by atoms with Crippen molar-refractivity contribution in [2.24, 2.45) is 0 Å². The number of fused-ring (bicyclic) bond motifs is 1. The van der Waals surface area contributed by atoms with Crippen molar-refractivity contribution in [3.05, 3.63) is 64.7 Å². The van der Waals surface area contributed by atoms with E-state index in [0.717, 1.165) is 22.9 Å². The maximum atomic E-state index is 13.8. The van der Waals surface area contributed by atoms with Gasteiger partial charge in [-0.15, -0.1) is 0 Å². The Morgan fingerprint density at radius 3 is 2.27 bits per heavy atom. The minimum absolute atomic E-state index is 0.00675. The van der Waals surface area contributed by atoms with E-state index >= 15 is 0 Å². The third-order valence-electron chi connectivity index (χ3n) is 6.91. The number of hydrogen-bond donors (Lipinski definition) is 2. The summed E-state index contributed by atoms with van der Waals surface area (Å²) in [7, 11) is 1.51. The molecule has 0 fully saturated rings. The number of anilines is 1. The van der Waals surface area contributed by atoms with Crippen molar-refractivity contribution in [3.8, 4) is 0 Å². The molecule has 3 rings (SSSR count). The van der Waals surface area contributed by atoms with Gasteiger partial charge in [-0.2, -0.15) is 13.2 Å². The van der Waals surface area contributed by atoms with Gasteiger partial charge in [-0.3, -0.25) is 4.79 Å². The van der Waals surface area contributed by atoms with E-state index in [1.54, 1.807) is 25.7 Å². The summed E-state index contributed by atoms with van der Waals surface area (Å²) in [4.78, 5) is 43.0. The molecule has 1 aliphatic heterocycles. The van der Waals surface area contributed by atoms with E-state index in [-0.39, 0.29) is 43.3 Å². The van der Waals surface area contributed by atoms with E-state index in [0.29, 0.717) is 19.5 Å². The lowest BCUT2D eigenvalue weighted by molar-refractivity contribution is -0.139. The highest BCUT2D eigenvalue weighted by atomic mass is 19.4. The number of amides is 4. The molecule has 2 aromatic carbocycles. The SMILES string of the molecule is CN(CCN(Cc1ccccc1C(F)(F)F)C(=O)CNc1cccc2c1CCN(C(=O)NC(C)(C)C)C2)C(=O)OC(C)(C)C. The van der Waals surface area contributed by atoms with E-state index in [1.807, 2.05) is 39.0 Å². The van der Waals surface area contributed by atoms with Crippen LogP contribution in [-0.4, -0.2) is 77.1 Å². The minimum Gasteiger partial charge on any atom is -0.444 e. The van der Waals surface area contributed by atoms with Crippen molar-refractivity contribution in [3.63, 3.8) is 0 Å². The standard InChI is InChI=1S/C32H44F3N5O4/c1-30(2,3)37-28(42)40-16-15-24-22(20-40)12-10-14-26(24)36-19-27(41)39(18-17-38(7)29(43)44-31(4,5)6)21-23-11-8-9-13-25(23)32(33,34)35/h8-14,36H,15-21H2,1-7H3,(H,37,42). The molecule has 9 nitrogen and oxygen atoms in total. The van der Waals surface area contributed by atoms with Gasteiger partial charge < -0.3 is 30.1 Å². The summed E-state index contributed by atoms with van der Waals surface area (Å²) in [6.45, 7) is 11.5. The topological polar surface area (TPSA) is 94.2 Å². The Labute approximate surface area is 257 Å². The van der Waals surface area contributed by atoms with Crippen molar-refractivity contribution >= 4 is 23.7 Å². The Bertz CT molecular complexity index is 1330. The quantitative estimate of drug-likeness (QED) is 0.385. The maximum Gasteiger partial charge on any atom is 0.416 e. The molecule has 44 heavy (non-hydrogen) atoms. The van der Waals surface area contributed by atoms with Gasteiger partial charge in [-0.25, -0.2) is 9.59 Å². The fraction of sp³-hybridized carbons (Fsp3) is 0.531. The lowest BCUT2D eigenvalue weighted by Gasteiger charge is -2.33. The van der Waals surface area contributed by atoms with Crippen LogP contribution in [0.25, 0.3) is 0 Å². The van der Waals surface area contributed by atoms with Crippen molar-refractivity contribution in [2.45, 2.75) is 78.4 Å². The molecule has 0 atom stereocenters. The van der Waals surface area contributed by atoms with Gasteiger partial charge in [0, 0.05) is 51.0 Å². The molecule has 0 radical (unpaired) electrons. The largest absolute Gasteiger partial charge is 0.444 e. The van der Waals surface area contributed by atoms with E-state index in [2.05, 4.69) is 10.6 Å². The molecule has 0 spiro atoms. The van der Waals surface area contributed by atoms with Crippen LogP contribution in [0.15, 0.2) is 42.5 Å². The maximum absolute atomic E-state index is 13.8. The van der Waals surface area contributed by atoms with Gasteiger partial charge in [-0.1, -0.05) is 30.3 Å².